The number of nitrogens with one attached hydrogen (secondary N) is 1. The highest BCUT2D eigenvalue weighted by Crippen LogP contribution is 2.29. The second-order valence-electron chi connectivity index (χ2n) is 2.86. The summed E-state index contributed by atoms with van der Waals surface area (Å²) in [6, 6.07) is 3.93. The first kappa shape index (κ1) is 5.94. The third-order valence-corrected chi connectivity index (χ3v) is 2.18. The Balaban J connectivity index is 2.58. The van der Waals surface area contributed by atoms with Gasteiger partial charge in [0, 0.05) is 23.5 Å². The van der Waals surface area contributed by atoms with Gasteiger partial charge >= 0.3 is 0 Å². The maximum absolute atomic E-state index is 4.27. The first-order valence-electron chi connectivity index (χ1n) is 3.91. The van der Waals surface area contributed by atoms with Gasteiger partial charge in [0.25, 0.3) is 0 Å². The minimum absolute atomic E-state index is 0.832. The van der Waals surface area contributed by atoms with E-state index >= 15 is 0 Å². The Morgan fingerprint density at radius 1 is 1.17 bits per heavy atom. The van der Waals surface area contributed by atoms with Crippen LogP contribution in [-0.2, 0) is 6.54 Å². The fraction of sp³-hybridized carbons (Fsp3) is 0.111. The lowest BCUT2D eigenvalue weighted by atomic mass is 10.2. The van der Waals surface area contributed by atoms with Crippen LogP contribution in [0.4, 0.5) is 5.69 Å². The van der Waals surface area contributed by atoms with Crippen molar-refractivity contribution in [2.75, 3.05) is 5.32 Å². The summed E-state index contributed by atoms with van der Waals surface area (Å²) in [6.07, 6.45) is 3.63. The molecule has 0 saturated heterocycles. The van der Waals surface area contributed by atoms with Crippen molar-refractivity contribution in [3.05, 3.63) is 30.2 Å². The van der Waals surface area contributed by atoms with Crippen LogP contribution < -0.4 is 5.32 Å². The number of rotatable bonds is 0. The average molecular weight is 157 g/mol. The zero-order valence-electron chi connectivity index (χ0n) is 6.41. The van der Waals surface area contributed by atoms with E-state index in [9.17, 15) is 0 Å². The fourth-order valence-electron chi connectivity index (χ4n) is 1.63. The third kappa shape index (κ3) is 0.605. The zero-order valence-corrected chi connectivity index (χ0v) is 6.41. The number of nitrogens with zero attached hydrogens (tertiary/aromatic N) is 2. The topological polar surface area (TPSA) is 37.8 Å². The summed E-state index contributed by atoms with van der Waals surface area (Å²) in [7, 11) is 0. The van der Waals surface area contributed by atoms with Crippen molar-refractivity contribution in [1.29, 1.82) is 0 Å². The molecule has 12 heavy (non-hydrogen) atoms. The smallest absolute Gasteiger partial charge is 0.0757 e. The van der Waals surface area contributed by atoms with Crippen LogP contribution in [0, 0.1) is 0 Å². The Morgan fingerprint density at radius 3 is 3.08 bits per heavy atom. The molecule has 1 N–H and O–H groups in total. The highest BCUT2D eigenvalue weighted by Gasteiger charge is 2.13. The molecule has 0 spiro atoms. The SMILES string of the molecule is c1cc2nccc3c2c(n1)CN3. The summed E-state index contributed by atoms with van der Waals surface area (Å²) < 4.78 is 0. The molecule has 0 radical (unpaired) electrons. The standard InChI is InChI=1S/C9H7N3/c1-4-11-8-5-12-7-2-3-10-6(1)9(7)8/h1-4,12H,5H2. The predicted molar refractivity (Wildman–Crippen MR) is 46.9 cm³/mol. The molecule has 1 aliphatic rings. The highest BCUT2D eigenvalue weighted by molar-refractivity contribution is 5.95. The molecule has 0 aromatic carbocycles. The molecule has 0 saturated carbocycles. The zero-order chi connectivity index (χ0) is 7.97. The summed E-state index contributed by atoms with van der Waals surface area (Å²) in [5, 5.41) is 4.45. The second kappa shape index (κ2) is 1.94. The molecule has 2 aromatic heterocycles. The summed E-state index contributed by atoms with van der Waals surface area (Å²) >= 11 is 0. The first-order chi connectivity index (χ1) is 5.95. The van der Waals surface area contributed by atoms with E-state index in [1.165, 1.54) is 5.39 Å². The van der Waals surface area contributed by atoms with Gasteiger partial charge in [-0.3, -0.25) is 9.97 Å². The molecule has 0 unspecified atom stereocenters. The fourth-order valence-corrected chi connectivity index (χ4v) is 1.63. The maximum atomic E-state index is 4.27. The lowest BCUT2D eigenvalue weighted by molar-refractivity contribution is 1.11. The number of aromatic nitrogens is 2. The van der Waals surface area contributed by atoms with Crippen LogP contribution in [0.3, 0.4) is 0 Å². The number of pyridine rings is 2. The van der Waals surface area contributed by atoms with Crippen molar-refractivity contribution in [2.24, 2.45) is 0 Å². The minimum Gasteiger partial charge on any atom is -0.379 e. The van der Waals surface area contributed by atoms with E-state index in [4.69, 9.17) is 0 Å². The van der Waals surface area contributed by atoms with Crippen LogP contribution in [0.1, 0.15) is 5.69 Å². The predicted octanol–water partition coefficient (Wildman–Crippen LogP) is 1.56. The van der Waals surface area contributed by atoms with Crippen LogP contribution in [-0.4, -0.2) is 9.97 Å². The van der Waals surface area contributed by atoms with E-state index in [1.54, 1.807) is 6.20 Å². The number of hydrogen-bond donors (Lipinski definition) is 1. The normalized spacial score (nSPS) is 13.3. The monoisotopic (exact) mass is 157 g/mol. The molecule has 0 atom stereocenters. The third-order valence-electron chi connectivity index (χ3n) is 2.18. The summed E-state index contributed by atoms with van der Waals surface area (Å²) in [5.41, 5.74) is 3.29. The summed E-state index contributed by atoms with van der Waals surface area (Å²) in [6.45, 7) is 0.832. The van der Waals surface area contributed by atoms with E-state index in [0.717, 1.165) is 23.4 Å². The van der Waals surface area contributed by atoms with Crippen LogP contribution in [0.25, 0.3) is 10.9 Å². The van der Waals surface area contributed by atoms with E-state index in [0.29, 0.717) is 0 Å². The van der Waals surface area contributed by atoms with E-state index < -0.39 is 0 Å². The van der Waals surface area contributed by atoms with Crippen molar-refractivity contribution in [1.82, 2.24) is 9.97 Å². The van der Waals surface area contributed by atoms with Gasteiger partial charge in [-0.15, -0.1) is 0 Å². The Bertz CT molecular complexity index is 412. The molecule has 1 aliphatic heterocycles. The quantitative estimate of drug-likeness (QED) is 0.630. The average Bonchev–Trinajstić information content (AvgIpc) is 2.52. The Hall–Kier alpha value is -1.64. The van der Waals surface area contributed by atoms with Gasteiger partial charge in [-0.1, -0.05) is 0 Å². The van der Waals surface area contributed by atoms with E-state index in [2.05, 4.69) is 15.3 Å². The van der Waals surface area contributed by atoms with Gasteiger partial charge in [0.1, 0.15) is 0 Å². The molecule has 0 amide bonds. The van der Waals surface area contributed by atoms with E-state index in [-0.39, 0.29) is 0 Å². The molecule has 3 heterocycles. The molecular weight excluding hydrogens is 150 g/mol. The Labute approximate surface area is 69.5 Å². The molecule has 3 rings (SSSR count). The van der Waals surface area contributed by atoms with Gasteiger partial charge < -0.3 is 5.32 Å². The van der Waals surface area contributed by atoms with Gasteiger partial charge in [-0.25, -0.2) is 0 Å². The lowest BCUT2D eigenvalue weighted by Gasteiger charge is -1.96. The molecule has 3 heteroatoms. The van der Waals surface area contributed by atoms with Gasteiger partial charge in [-0.05, 0) is 12.1 Å². The lowest BCUT2D eigenvalue weighted by Crippen LogP contribution is -1.90. The molecule has 0 fully saturated rings. The molecule has 2 aromatic rings. The molecule has 3 nitrogen and oxygen atoms in total. The Morgan fingerprint density at radius 2 is 2.08 bits per heavy atom. The number of hydrogen-bond acceptors (Lipinski definition) is 3. The van der Waals surface area contributed by atoms with Crippen molar-refractivity contribution in [3.63, 3.8) is 0 Å². The first-order valence-corrected chi connectivity index (χ1v) is 3.91. The minimum atomic E-state index is 0.832. The van der Waals surface area contributed by atoms with Crippen LogP contribution in [0.5, 0.6) is 0 Å². The van der Waals surface area contributed by atoms with Gasteiger partial charge in [0.15, 0.2) is 0 Å². The second-order valence-corrected chi connectivity index (χ2v) is 2.86. The molecule has 0 bridgehead atoms. The van der Waals surface area contributed by atoms with Crippen molar-refractivity contribution in [3.8, 4) is 0 Å². The van der Waals surface area contributed by atoms with Crippen molar-refractivity contribution >= 4 is 16.6 Å². The summed E-state index contributed by atoms with van der Waals surface area (Å²) in [4.78, 5) is 8.54. The van der Waals surface area contributed by atoms with Crippen LogP contribution in [0.15, 0.2) is 24.5 Å². The van der Waals surface area contributed by atoms with Crippen LogP contribution in [0.2, 0.25) is 0 Å². The van der Waals surface area contributed by atoms with Gasteiger partial charge in [0.2, 0.25) is 0 Å². The largest absolute Gasteiger partial charge is 0.379 e. The van der Waals surface area contributed by atoms with E-state index in [1.807, 2.05) is 18.3 Å². The van der Waals surface area contributed by atoms with Gasteiger partial charge in [0.05, 0.1) is 17.8 Å². The summed E-state index contributed by atoms with van der Waals surface area (Å²) in [5.74, 6) is 0. The molecular formula is C9H7N3. The molecule has 0 aliphatic carbocycles. The van der Waals surface area contributed by atoms with Crippen molar-refractivity contribution < 1.29 is 0 Å². The highest BCUT2D eigenvalue weighted by atomic mass is 14.9. The molecule has 58 valence electrons. The maximum Gasteiger partial charge on any atom is 0.0757 e. The van der Waals surface area contributed by atoms with Gasteiger partial charge in [-0.2, -0.15) is 0 Å². The number of anilines is 1. The van der Waals surface area contributed by atoms with Crippen LogP contribution >= 0.6 is 0 Å². The van der Waals surface area contributed by atoms with Crippen molar-refractivity contribution in [2.45, 2.75) is 6.54 Å². The Kier molecular flexibility index (Phi) is 0.961.